The lowest BCUT2D eigenvalue weighted by Gasteiger charge is -2.26. The molecule has 0 atom stereocenters. The van der Waals surface area contributed by atoms with Gasteiger partial charge in [-0.3, -0.25) is 0 Å². The maximum absolute atomic E-state index is 10.8. The van der Waals surface area contributed by atoms with Crippen molar-refractivity contribution in [3.63, 3.8) is 0 Å². The molecule has 84 valence electrons. The first-order valence-electron chi connectivity index (χ1n) is 5.16. The summed E-state index contributed by atoms with van der Waals surface area (Å²) in [6, 6.07) is 3.97. The summed E-state index contributed by atoms with van der Waals surface area (Å²) in [6.45, 7) is 7.34. The van der Waals surface area contributed by atoms with Crippen molar-refractivity contribution >= 4 is 22.3 Å². The van der Waals surface area contributed by atoms with Gasteiger partial charge in [-0.2, -0.15) is 0 Å². The number of rotatable bonds is 5. The molecular formula is C11H17NO2S. The molecule has 0 saturated carbocycles. The molecule has 4 heteroatoms. The van der Waals surface area contributed by atoms with E-state index < -0.39 is 5.97 Å². The lowest BCUT2D eigenvalue weighted by Crippen LogP contribution is -2.30. The van der Waals surface area contributed by atoms with E-state index in [1.54, 1.807) is 6.07 Å². The van der Waals surface area contributed by atoms with Crippen molar-refractivity contribution < 1.29 is 9.90 Å². The van der Waals surface area contributed by atoms with Gasteiger partial charge in [-0.1, -0.05) is 6.92 Å². The van der Waals surface area contributed by atoms with Crippen LogP contribution in [-0.2, 0) is 0 Å². The molecule has 0 aromatic carbocycles. The normalized spacial score (nSPS) is 10.7. The standard InChI is InChI=1S/C11H17NO2S/c1-4-7-12(8(2)3)10-6-5-9(15-10)11(13)14/h5-6,8H,4,7H2,1-3H3,(H,13,14). The van der Waals surface area contributed by atoms with Crippen LogP contribution in [0, 0.1) is 0 Å². The van der Waals surface area contributed by atoms with Crippen molar-refractivity contribution in [2.24, 2.45) is 0 Å². The second-order valence-corrected chi connectivity index (χ2v) is 4.79. The van der Waals surface area contributed by atoms with Gasteiger partial charge in [0, 0.05) is 12.6 Å². The van der Waals surface area contributed by atoms with Gasteiger partial charge in [0.15, 0.2) is 0 Å². The topological polar surface area (TPSA) is 40.5 Å². The predicted molar refractivity (Wildman–Crippen MR) is 64.1 cm³/mol. The molecule has 0 bridgehead atoms. The lowest BCUT2D eigenvalue weighted by atomic mass is 10.3. The zero-order valence-corrected chi connectivity index (χ0v) is 10.2. The zero-order chi connectivity index (χ0) is 11.4. The summed E-state index contributed by atoms with van der Waals surface area (Å²) in [6.07, 6.45) is 1.07. The molecule has 1 rings (SSSR count). The second kappa shape index (κ2) is 5.16. The number of carbonyl (C=O) groups is 1. The Kier molecular flexibility index (Phi) is 4.15. The number of carboxylic acid groups (broad SMARTS) is 1. The molecule has 0 radical (unpaired) electrons. The number of hydrogen-bond acceptors (Lipinski definition) is 3. The largest absolute Gasteiger partial charge is 0.477 e. The Hall–Kier alpha value is -1.03. The summed E-state index contributed by atoms with van der Waals surface area (Å²) in [5, 5.41) is 9.89. The van der Waals surface area contributed by atoms with E-state index in [4.69, 9.17) is 5.11 Å². The highest BCUT2D eigenvalue weighted by Crippen LogP contribution is 2.27. The quantitative estimate of drug-likeness (QED) is 0.840. The van der Waals surface area contributed by atoms with E-state index in [0.717, 1.165) is 18.0 Å². The predicted octanol–water partition coefficient (Wildman–Crippen LogP) is 3.07. The van der Waals surface area contributed by atoms with Crippen LogP contribution in [-0.4, -0.2) is 23.7 Å². The number of anilines is 1. The van der Waals surface area contributed by atoms with Crippen molar-refractivity contribution in [2.75, 3.05) is 11.4 Å². The zero-order valence-electron chi connectivity index (χ0n) is 9.36. The third-order valence-corrected chi connectivity index (χ3v) is 3.28. The number of nitrogens with zero attached hydrogens (tertiary/aromatic N) is 1. The summed E-state index contributed by atoms with van der Waals surface area (Å²) in [5.41, 5.74) is 0. The van der Waals surface area contributed by atoms with Gasteiger partial charge in [-0.25, -0.2) is 4.79 Å². The highest BCUT2D eigenvalue weighted by Gasteiger charge is 2.14. The van der Waals surface area contributed by atoms with Crippen LogP contribution in [0.15, 0.2) is 12.1 Å². The molecule has 0 aliphatic carbocycles. The monoisotopic (exact) mass is 227 g/mol. The molecule has 1 heterocycles. The Labute approximate surface area is 94.3 Å². The minimum absolute atomic E-state index is 0.408. The van der Waals surface area contributed by atoms with E-state index in [-0.39, 0.29) is 0 Å². The van der Waals surface area contributed by atoms with Crippen LogP contribution in [0.1, 0.15) is 36.9 Å². The molecular weight excluding hydrogens is 210 g/mol. The maximum Gasteiger partial charge on any atom is 0.345 e. The number of thiophene rings is 1. The summed E-state index contributed by atoms with van der Waals surface area (Å²) in [4.78, 5) is 13.4. The average molecular weight is 227 g/mol. The van der Waals surface area contributed by atoms with Crippen LogP contribution in [0.5, 0.6) is 0 Å². The van der Waals surface area contributed by atoms with Crippen LogP contribution in [0.3, 0.4) is 0 Å². The van der Waals surface area contributed by atoms with Gasteiger partial charge in [-0.05, 0) is 32.4 Å². The fourth-order valence-electron chi connectivity index (χ4n) is 1.46. The fraction of sp³-hybridized carbons (Fsp3) is 0.545. The van der Waals surface area contributed by atoms with Gasteiger partial charge in [-0.15, -0.1) is 11.3 Å². The third kappa shape index (κ3) is 2.96. The van der Waals surface area contributed by atoms with Crippen molar-refractivity contribution in [1.82, 2.24) is 0 Å². The van der Waals surface area contributed by atoms with Gasteiger partial charge in [0.2, 0.25) is 0 Å². The molecule has 0 unspecified atom stereocenters. The van der Waals surface area contributed by atoms with Crippen molar-refractivity contribution in [2.45, 2.75) is 33.2 Å². The van der Waals surface area contributed by atoms with Crippen LogP contribution in [0.4, 0.5) is 5.00 Å². The third-order valence-electron chi connectivity index (χ3n) is 2.17. The first kappa shape index (κ1) is 12.0. The minimum Gasteiger partial charge on any atom is -0.477 e. The SMILES string of the molecule is CCCN(c1ccc(C(=O)O)s1)C(C)C. The molecule has 15 heavy (non-hydrogen) atoms. The summed E-state index contributed by atoms with van der Waals surface area (Å²) >= 11 is 1.34. The van der Waals surface area contributed by atoms with Gasteiger partial charge in [0.25, 0.3) is 0 Å². The van der Waals surface area contributed by atoms with E-state index in [2.05, 4.69) is 25.7 Å². The first-order chi connectivity index (χ1) is 7.06. The van der Waals surface area contributed by atoms with Gasteiger partial charge in [0.05, 0.1) is 5.00 Å². The highest BCUT2D eigenvalue weighted by molar-refractivity contribution is 7.17. The van der Waals surface area contributed by atoms with Gasteiger partial charge < -0.3 is 10.0 Å². The Morgan fingerprint density at radius 3 is 2.60 bits per heavy atom. The molecule has 0 fully saturated rings. The molecule has 3 nitrogen and oxygen atoms in total. The van der Waals surface area contributed by atoms with Gasteiger partial charge in [0.1, 0.15) is 4.88 Å². The van der Waals surface area contributed by atoms with Crippen molar-refractivity contribution in [3.8, 4) is 0 Å². The highest BCUT2D eigenvalue weighted by atomic mass is 32.1. The molecule has 0 aliphatic rings. The molecule has 0 aliphatic heterocycles. The minimum atomic E-state index is -0.841. The van der Waals surface area contributed by atoms with Crippen LogP contribution in [0.2, 0.25) is 0 Å². The van der Waals surface area contributed by atoms with E-state index in [0.29, 0.717) is 10.9 Å². The van der Waals surface area contributed by atoms with Gasteiger partial charge >= 0.3 is 5.97 Å². The summed E-state index contributed by atoms with van der Waals surface area (Å²) < 4.78 is 0. The Morgan fingerprint density at radius 1 is 1.53 bits per heavy atom. The maximum atomic E-state index is 10.8. The Bertz CT molecular complexity index is 333. The van der Waals surface area contributed by atoms with E-state index >= 15 is 0 Å². The first-order valence-corrected chi connectivity index (χ1v) is 5.97. The van der Waals surface area contributed by atoms with Crippen molar-refractivity contribution in [1.29, 1.82) is 0 Å². The Morgan fingerprint density at radius 2 is 2.20 bits per heavy atom. The van der Waals surface area contributed by atoms with Crippen LogP contribution in [0.25, 0.3) is 0 Å². The molecule has 0 saturated heterocycles. The summed E-state index contributed by atoms with van der Waals surface area (Å²) in [5.74, 6) is -0.841. The Balaban J connectivity index is 2.86. The second-order valence-electron chi connectivity index (χ2n) is 3.73. The smallest absolute Gasteiger partial charge is 0.345 e. The van der Waals surface area contributed by atoms with Crippen molar-refractivity contribution in [3.05, 3.63) is 17.0 Å². The van der Waals surface area contributed by atoms with E-state index in [1.165, 1.54) is 11.3 Å². The number of carboxylic acids is 1. The van der Waals surface area contributed by atoms with E-state index in [1.807, 2.05) is 6.07 Å². The number of aromatic carboxylic acids is 1. The molecule has 1 N–H and O–H groups in total. The van der Waals surface area contributed by atoms with Crippen LogP contribution >= 0.6 is 11.3 Å². The summed E-state index contributed by atoms with van der Waals surface area (Å²) in [7, 11) is 0. The lowest BCUT2D eigenvalue weighted by molar-refractivity contribution is 0.0702. The number of hydrogen-bond donors (Lipinski definition) is 1. The van der Waals surface area contributed by atoms with Crippen LogP contribution < -0.4 is 4.90 Å². The average Bonchev–Trinajstić information content (AvgIpc) is 2.62. The molecule has 0 spiro atoms. The molecule has 1 aromatic rings. The molecule has 1 aromatic heterocycles. The fourth-order valence-corrected chi connectivity index (χ4v) is 2.46. The molecule has 0 amide bonds. The van der Waals surface area contributed by atoms with E-state index in [9.17, 15) is 4.79 Å².